The summed E-state index contributed by atoms with van der Waals surface area (Å²) in [4.78, 5) is 27.3. The van der Waals surface area contributed by atoms with Gasteiger partial charge in [0.05, 0.1) is 17.3 Å². The lowest BCUT2D eigenvalue weighted by atomic mass is 10.1. The van der Waals surface area contributed by atoms with Crippen molar-refractivity contribution in [2.75, 3.05) is 50.1 Å². The summed E-state index contributed by atoms with van der Waals surface area (Å²) >= 11 is 0. The Balaban J connectivity index is 1.52. The second-order valence-electron chi connectivity index (χ2n) is 6.56. The molecule has 0 atom stereocenters. The number of aromatic nitrogens is 4. The van der Waals surface area contributed by atoms with Crippen LogP contribution in [-0.2, 0) is 0 Å². The molecule has 0 spiro atoms. The molecule has 0 saturated carbocycles. The lowest BCUT2D eigenvalue weighted by Gasteiger charge is -2.36. The van der Waals surface area contributed by atoms with Crippen LogP contribution >= 0.6 is 0 Å². The van der Waals surface area contributed by atoms with Crippen LogP contribution in [0.25, 0.3) is 10.9 Å². The predicted octanol–water partition coefficient (Wildman–Crippen LogP) is 1.38. The van der Waals surface area contributed by atoms with E-state index in [9.17, 15) is 4.79 Å². The number of nitrogens with one attached hydrogen (secondary N) is 1. The van der Waals surface area contributed by atoms with Crippen molar-refractivity contribution in [3.63, 3.8) is 0 Å². The maximum Gasteiger partial charge on any atom is 0.257 e. The number of carbonyl (C=O) groups excluding carboxylic acids is 1. The van der Waals surface area contributed by atoms with E-state index in [-0.39, 0.29) is 5.91 Å². The molecule has 0 aliphatic carbocycles. The van der Waals surface area contributed by atoms with Gasteiger partial charge in [0, 0.05) is 57.5 Å². The van der Waals surface area contributed by atoms with Crippen molar-refractivity contribution in [3.8, 4) is 0 Å². The van der Waals surface area contributed by atoms with Crippen LogP contribution in [0.4, 0.5) is 11.5 Å². The maximum absolute atomic E-state index is 12.4. The first-order chi connectivity index (χ1) is 12.6. The van der Waals surface area contributed by atoms with E-state index >= 15 is 0 Å². The van der Waals surface area contributed by atoms with E-state index in [0.717, 1.165) is 35.5 Å². The largest absolute Gasteiger partial charge is 0.368 e. The highest BCUT2D eigenvalue weighted by atomic mass is 16.2. The maximum atomic E-state index is 12.4. The van der Waals surface area contributed by atoms with Crippen LogP contribution in [0.3, 0.4) is 0 Å². The SMILES string of the molecule is CN(C)c1ncnc2ccc(N3CCN(C(=O)c4cn[nH]c4)CC3)cc12. The minimum Gasteiger partial charge on any atom is -0.368 e. The van der Waals surface area contributed by atoms with Crippen LogP contribution < -0.4 is 9.80 Å². The molecule has 4 rings (SSSR count). The number of nitrogens with zero attached hydrogens (tertiary/aromatic N) is 6. The van der Waals surface area contributed by atoms with Crippen molar-refractivity contribution in [3.05, 3.63) is 42.5 Å². The number of aromatic amines is 1. The van der Waals surface area contributed by atoms with Gasteiger partial charge in [0.15, 0.2) is 0 Å². The van der Waals surface area contributed by atoms with Gasteiger partial charge in [-0.05, 0) is 18.2 Å². The third-order valence-corrected chi connectivity index (χ3v) is 4.70. The van der Waals surface area contributed by atoms with Crippen molar-refractivity contribution in [2.24, 2.45) is 0 Å². The van der Waals surface area contributed by atoms with Gasteiger partial charge in [0.1, 0.15) is 12.1 Å². The average Bonchev–Trinajstić information content (AvgIpc) is 3.21. The summed E-state index contributed by atoms with van der Waals surface area (Å²) in [6.07, 6.45) is 4.80. The Labute approximate surface area is 151 Å². The highest BCUT2D eigenvalue weighted by molar-refractivity contribution is 5.94. The fourth-order valence-corrected chi connectivity index (χ4v) is 3.30. The average molecular weight is 351 g/mol. The molecule has 0 unspecified atom stereocenters. The Hall–Kier alpha value is -3.16. The van der Waals surface area contributed by atoms with Crippen molar-refractivity contribution in [1.82, 2.24) is 25.1 Å². The van der Waals surface area contributed by atoms with Crippen molar-refractivity contribution in [1.29, 1.82) is 0 Å². The first-order valence-corrected chi connectivity index (χ1v) is 8.58. The number of carbonyl (C=O) groups is 1. The monoisotopic (exact) mass is 351 g/mol. The second kappa shape index (κ2) is 6.62. The van der Waals surface area contributed by atoms with E-state index < -0.39 is 0 Å². The van der Waals surface area contributed by atoms with E-state index in [0.29, 0.717) is 18.7 Å². The lowest BCUT2D eigenvalue weighted by Crippen LogP contribution is -2.48. The molecule has 26 heavy (non-hydrogen) atoms. The summed E-state index contributed by atoms with van der Waals surface area (Å²) in [7, 11) is 3.96. The molecule has 0 bridgehead atoms. The third kappa shape index (κ3) is 2.94. The van der Waals surface area contributed by atoms with Gasteiger partial charge in [-0.3, -0.25) is 9.89 Å². The molecule has 0 radical (unpaired) electrons. The molecule has 1 fully saturated rings. The van der Waals surface area contributed by atoms with Crippen LogP contribution in [0.15, 0.2) is 36.9 Å². The molecule has 1 saturated heterocycles. The van der Waals surface area contributed by atoms with Crippen molar-refractivity contribution >= 4 is 28.3 Å². The first-order valence-electron chi connectivity index (χ1n) is 8.58. The van der Waals surface area contributed by atoms with E-state index in [1.165, 1.54) is 0 Å². The van der Waals surface area contributed by atoms with Gasteiger partial charge in [-0.25, -0.2) is 9.97 Å². The van der Waals surface area contributed by atoms with Gasteiger partial charge < -0.3 is 14.7 Å². The van der Waals surface area contributed by atoms with Gasteiger partial charge in [-0.1, -0.05) is 0 Å². The molecule has 3 aromatic rings. The molecule has 2 aromatic heterocycles. The number of amides is 1. The fourth-order valence-electron chi connectivity index (χ4n) is 3.30. The van der Waals surface area contributed by atoms with E-state index in [1.807, 2.05) is 30.0 Å². The Kier molecular flexibility index (Phi) is 4.16. The summed E-state index contributed by atoms with van der Waals surface area (Å²) in [5.74, 6) is 0.936. The zero-order chi connectivity index (χ0) is 18.1. The summed E-state index contributed by atoms with van der Waals surface area (Å²) in [5.41, 5.74) is 2.67. The molecule has 1 amide bonds. The minimum absolute atomic E-state index is 0.0280. The molecule has 3 heterocycles. The first kappa shape index (κ1) is 16.3. The number of anilines is 2. The quantitative estimate of drug-likeness (QED) is 0.768. The number of hydrogen-bond acceptors (Lipinski definition) is 6. The van der Waals surface area contributed by atoms with Gasteiger partial charge in [-0.15, -0.1) is 0 Å². The molecule has 1 aliphatic heterocycles. The number of rotatable bonds is 3. The van der Waals surface area contributed by atoms with Gasteiger partial charge >= 0.3 is 0 Å². The van der Waals surface area contributed by atoms with Crippen LogP contribution in [-0.4, -0.2) is 71.2 Å². The number of hydrogen-bond donors (Lipinski definition) is 1. The molecule has 1 aliphatic rings. The van der Waals surface area contributed by atoms with E-state index in [4.69, 9.17) is 0 Å². The standard InChI is InChI=1S/C18H21N7O/c1-23(2)17-15-9-14(3-4-16(15)19-12-20-17)24-5-7-25(8-6-24)18(26)13-10-21-22-11-13/h3-4,9-12H,5-8H2,1-2H3,(H,21,22). The molecule has 1 N–H and O–H groups in total. The molecule has 8 nitrogen and oxygen atoms in total. The number of piperazine rings is 1. The number of H-pyrrole nitrogens is 1. The molecule has 134 valence electrons. The molecule has 8 heteroatoms. The van der Waals surface area contributed by atoms with Crippen LogP contribution in [0.5, 0.6) is 0 Å². The smallest absolute Gasteiger partial charge is 0.257 e. The van der Waals surface area contributed by atoms with Crippen molar-refractivity contribution < 1.29 is 4.79 Å². The van der Waals surface area contributed by atoms with Crippen molar-refractivity contribution in [2.45, 2.75) is 0 Å². The zero-order valence-electron chi connectivity index (χ0n) is 14.9. The van der Waals surface area contributed by atoms with Gasteiger partial charge in [0.2, 0.25) is 0 Å². The summed E-state index contributed by atoms with van der Waals surface area (Å²) in [5, 5.41) is 7.58. The summed E-state index contributed by atoms with van der Waals surface area (Å²) in [6.45, 7) is 2.96. The molecule has 1 aromatic carbocycles. The Morgan fingerprint density at radius 3 is 2.65 bits per heavy atom. The topological polar surface area (TPSA) is 81.2 Å². The third-order valence-electron chi connectivity index (χ3n) is 4.70. The highest BCUT2D eigenvalue weighted by Gasteiger charge is 2.23. The minimum atomic E-state index is 0.0280. The second-order valence-corrected chi connectivity index (χ2v) is 6.56. The van der Waals surface area contributed by atoms with Crippen LogP contribution in [0.2, 0.25) is 0 Å². The molecular formula is C18H21N7O. The number of fused-ring (bicyclic) bond motifs is 1. The normalized spacial score (nSPS) is 14.7. The van der Waals surface area contributed by atoms with Gasteiger partial charge in [-0.2, -0.15) is 5.10 Å². The Bertz CT molecular complexity index is 914. The van der Waals surface area contributed by atoms with Gasteiger partial charge in [0.25, 0.3) is 5.91 Å². The van der Waals surface area contributed by atoms with E-state index in [2.05, 4.69) is 37.2 Å². The Morgan fingerprint density at radius 1 is 1.15 bits per heavy atom. The van der Waals surface area contributed by atoms with Crippen LogP contribution in [0, 0.1) is 0 Å². The zero-order valence-corrected chi connectivity index (χ0v) is 14.9. The lowest BCUT2D eigenvalue weighted by molar-refractivity contribution is 0.0747. The highest BCUT2D eigenvalue weighted by Crippen LogP contribution is 2.27. The summed E-state index contributed by atoms with van der Waals surface area (Å²) in [6, 6.07) is 6.25. The van der Waals surface area contributed by atoms with Crippen LogP contribution in [0.1, 0.15) is 10.4 Å². The molecular weight excluding hydrogens is 330 g/mol. The summed E-state index contributed by atoms with van der Waals surface area (Å²) < 4.78 is 0. The predicted molar refractivity (Wildman–Crippen MR) is 101 cm³/mol. The number of benzene rings is 1. The van der Waals surface area contributed by atoms with E-state index in [1.54, 1.807) is 18.7 Å². The Morgan fingerprint density at radius 2 is 1.96 bits per heavy atom. The fraction of sp³-hybridized carbons (Fsp3) is 0.333.